The molecule has 5 nitrogen and oxygen atoms in total. The molecule has 0 radical (unpaired) electrons. The Morgan fingerprint density at radius 3 is 2.53 bits per heavy atom. The minimum Gasteiger partial charge on any atom is -0.479 e. The molecule has 0 heterocycles. The van der Waals surface area contributed by atoms with Gasteiger partial charge in [-0.3, -0.25) is 0 Å². The number of carbonyl (C=O) groups excluding carboxylic acids is 1. The van der Waals surface area contributed by atoms with E-state index in [1.807, 2.05) is 0 Å². The maximum atomic E-state index is 13.7. The zero-order valence-electron chi connectivity index (χ0n) is 10.3. The van der Waals surface area contributed by atoms with Crippen molar-refractivity contribution in [1.29, 1.82) is 0 Å². The molecule has 0 spiro atoms. The summed E-state index contributed by atoms with van der Waals surface area (Å²) >= 11 is 0. The van der Waals surface area contributed by atoms with Gasteiger partial charge in [-0.05, 0) is 31.5 Å². The highest BCUT2D eigenvalue weighted by molar-refractivity contribution is 8.13. The summed E-state index contributed by atoms with van der Waals surface area (Å²) in [6.07, 6.45) is 0. The fraction of sp³-hybridized carbons (Fsp3) is 0.364. The molecule has 1 aromatic carbocycles. The molecule has 0 bridgehead atoms. The van der Waals surface area contributed by atoms with Crippen LogP contribution in [0, 0.1) is 12.7 Å². The summed E-state index contributed by atoms with van der Waals surface area (Å²) in [5.41, 5.74) is 0.212. The Morgan fingerprint density at radius 1 is 1.42 bits per heavy atom. The van der Waals surface area contributed by atoms with Crippen molar-refractivity contribution < 1.29 is 27.1 Å². The Kier molecular flexibility index (Phi) is 5.13. The van der Waals surface area contributed by atoms with Crippen LogP contribution in [0.25, 0.3) is 0 Å². The normalized spacial score (nSPS) is 11.2. The molecule has 0 aromatic heterocycles. The van der Waals surface area contributed by atoms with Gasteiger partial charge < -0.3 is 9.47 Å². The van der Waals surface area contributed by atoms with Crippen molar-refractivity contribution in [2.24, 2.45) is 0 Å². The fourth-order valence-electron chi connectivity index (χ4n) is 1.36. The molecule has 0 aliphatic rings. The van der Waals surface area contributed by atoms with Crippen molar-refractivity contribution in [3.8, 4) is 5.75 Å². The smallest absolute Gasteiger partial charge is 0.344 e. The second-order valence-corrected chi connectivity index (χ2v) is 6.15. The van der Waals surface area contributed by atoms with E-state index in [0.717, 1.165) is 12.1 Å². The summed E-state index contributed by atoms with van der Waals surface area (Å²) in [6, 6.07) is 1.89. The number of benzene rings is 1. The summed E-state index contributed by atoms with van der Waals surface area (Å²) < 4.78 is 45.4. The monoisotopic (exact) mass is 310 g/mol. The van der Waals surface area contributed by atoms with E-state index in [4.69, 9.17) is 15.4 Å². The van der Waals surface area contributed by atoms with E-state index in [0.29, 0.717) is 0 Å². The molecule has 0 aliphatic carbocycles. The van der Waals surface area contributed by atoms with E-state index in [1.165, 1.54) is 6.92 Å². The Hall–Kier alpha value is -1.34. The predicted molar refractivity (Wildman–Crippen MR) is 66.3 cm³/mol. The summed E-state index contributed by atoms with van der Waals surface area (Å²) in [5, 5.41) is 0. The van der Waals surface area contributed by atoms with Crippen molar-refractivity contribution in [2.45, 2.75) is 18.7 Å². The first-order chi connectivity index (χ1) is 8.75. The van der Waals surface area contributed by atoms with Crippen LogP contribution in [0.3, 0.4) is 0 Å². The Morgan fingerprint density at radius 2 is 2.05 bits per heavy atom. The Balaban J connectivity index is 2.95. The summed E-state index contributed by atoms with van der Waals surface area (Å²) in [7, 11) is 1.09. The van der Waals surface area contributed by atoms with Gasteiger partial charge in [-0.1, -0.05) is 0 Å². The summed E-state index contributed by atoms with van der Waals surface area (Å²) in [4.78, 5) is 10.7. The van der Waals surface area contributed by atoms with E-state index in [1.54, 1.807) is 6.92 Å². The molecule has 0 fully saturated rings. The first-order valence-electron chi connectivity index (χ1n) is 5.29. The number of aryl methyl sites for hydroxylation is 1. The Labute approximate surface area is 114 Å². The van der Waals surface area contributed by atoms with Crippen LogP contribution in [-0.4, -0.2) is 27.6 Å². The quantitative estimate of drug-likeness (QED) is 0.614. The average molecular weight is 311 g/mol. The van der Waals surface area contributed by atoms with Crippen LogP contribution in [0.5, 0.6) is 5.75 Å². The fourth-order valence-corrected chi connectivity index (χ4v) is 2.19. The van der Waals surface area contributed by atoms with Gasteiger partial charge >= 0.3 is 5.97 Å². The van der Waals surface area contributed by atoms with Gasteiger partial charge in [0.1, 0.15) is 0 Å². The van der Waals surface area contributed by atoms with E-state index in [9.17, 15) is 17.6 Å². The van der Waals surface area contributed by atoms with Crippen LogP contribution in [-0.2, 0) is 18.6 Å². The van der Waals surface area contributed by atoms with Gasteiger partial charge in [0.15, 0.2) is 18.2 Å². The zero-order chi connectivity index (χ0) is 14.6. The lowest BCUT2D eigenvalue weighted by Gasteiger charge is -2.10. The van der Waals surface area contributed by atoms with Gasteiger partial charge in [0, 0.05) is 10.7 Å². The van der Waals surface area contributed by atoms with Crippen LogP contribution in [0.15, 0.2) is 17.0 Å². The standard InChI is InChI=1S/C11H12ClFO5S/c1-3-17-10(14)6-18-11-7(2)4-8(5-9(11)13)19(12,15)16/h4-5H,3,6H2,1-2H3. The maximum absolute atomic E-state index is 13.7. The van der Waals surface area contributed by atoms with E-state index in [2.05, 4.69) is 4.74 Å². The summed E-state index contributed by atoms with van der Waals surface area (Å²) in [5.74, 6) is -1.77. The van der Waals surface area contributed by atoms with Gasteiger partial charge in [0.2, 0.25) is 0 Å². The molecule has 106 valence electrons. The number of esters is 1. The zero-order valence-corrected chi connectivity index (χ0v) is 11.8. The molecule has 19 heavy (non-hydrogen) atoms. The lowest BCUT2D eigenvalue weighted by molar-refractivity contribution is -0.145. The SMILES string of the molecule is CCOC(=O)COc1c(C)cc(S(=O)(=O)Cl)cc1F. The lowest BCUT2D eigenvalue weighted by atomic mass is 10.2. The van der Waals surface area contributed by atoms with Gasteiger partial charge in [0.05, 0.1) is 11.5 Å². The number of ether oxygens (including phenoxy) is 2. The molecule has 0 amide bonds. The number of hydrogen-bond donors (Lipinski definition) is 0. The highest BCUT2D eigenvalue weighted by Gasteiger charge is 2.17. The lowest BCUT2D eigenvalue weighted by Crippen LogP contribution is -2.15. The maximum Gasteiger partial charge on any atom is 0.344 e. The molecule has 0 N–H and O–H groups in total. The van der Waals surface area contributed by atoms with Gasteiger partial charge in [-0.25, -0.2) is 17.6 Å². The topological polar surface area (TPSA) is 69.7 Å². The van der Waals surface area contributed by atoms with Crippen molar-refractivity contribution in [3.05, 3.63) is 23.5 Å². The number of carbonyl (C=O) groups is 1. The van der Waals surface area contributed by atoms with Crippen LogP contribution < -0.4 is 4.74 Å². The molecular formula is C11H12ClFO5S. The molecule has 8 heteroatoms. The van der Waals surface area contributed by atoms with Crippen molar-refractivity contribution in [2.75, 3.05) is 13.2 Å². The van der Waals surface area contributed by atoms with E-state index < -0.39 is 27.4 Å². The molecule has 0 aliphatic heterocycles. The van der Waals surface area contributed by atoms with E-state index in [-0.39, 0.29) is 22.8 Å². The third-order valence-corrected chi connectivity index (χ3v) is 3.46. The molecule has 1 rings (SSSR count). The molecule has 0 saturated heterocycles. The van der Waals surface area contributed by atoms with Crippen LogP contribution in [0.2, 0.25) is 0 Å². The van der Waals surface area contributed by atoms with Gasteiger partial charge in [0.25, 0.3) is 9.05 Å². The first kappa shape index (κ1) is 15.7. The molecular weight excluding hydrogens is 299 g/mol. The third-order valence-electron chi connectivity index (χ3n) is 2.12. The number of rotatable bonds is 5. The largest absolute Gasteiger partial charge is 0.479 e. The van der Waals surface area contributed by atoms with Crippen molar-refractivity contribution in [1.82, 2.24) is 0 Å². The van der Waals surface area contributed by atoms with Crippen LogP contribution in [0.1, 0.15) is 12.5 Å². The van der Waals surface area contributed by atoms with Crippen LogP contribution in [0.4, 0.5) is 4.39 Å². The number of hydrogen-bond acceptors (Lipinski definition) is 5. The summed E-state index contributed by atoms with van der Waals surface area (Å²) in [6.45, 7) is 2.80. The van der Waals surface area contributed by atoms with Crippen molar-refractivity contribution in [3.63, 3.8) is 0 Å². The average Bonchev–Trinajstić information content (AvgIpc) is 2.26. The van der Waals surface area contributed by atoms with Crippen molar-refractivity contribution >= 4 is 25.7 Å². The first-order valence-corrected chi connectivity index (χ1v) is 7.60. The minimum absolute atomic E-state index is 0.188. The third kappa shape index (κ3) is 4.36. The second-order valence-electron chi connectivity index (χ2n) is 3.58. The van der Waals surface area contributed by atoms with E-state index >= 15 is 0 Å². The van der Waals surface area contributed by atoms with Gasteiger partial charge in [-0.15, -0.1) is 0 Å². The number of halogens is 2. The Bertz CT molecular complexity index is 562. The predicted octanol–water partition coefficient (Wildman–Crippen LogP) is 2.00. The molecule has 0 saturated carbocycles. The molecule has 0 atom stereocenters. The van der Waals surface area contributed by atoms with Gasteiger partial charge in [-0.2, -0.15) is 0 Å². The minimum atomic E-state index is -4.02. The highest BCUT2D eigenvalue weighted by Crippen LogP contribution is 2.27. The highest BCUT2D eigenvalue weighted by atomic mass is 35.7. The second kappa shape index (κ2) is 6.21. The molecule has 0 unspecified atom stereocenters. The van der Waals surface area contributed by atoms with Crippen LogP contribution >= 0.6 is 10.7 Å². The molecule has 1 aromatic rings.